The molecule has 0 bridgehead atoms. The van der Waals surface area contributed by atoms with E-state index in [1.54, 1.807) is 7.05 Å². The summed E-state index contributed by atoms with van der Waals surface area (Å²) in [6, 6.07) is -0.120. The van der Waals surface area contributed by atoms with Gasteiger partial charge in [-0.15, -0.1) is 0 Å². The molecule has 4 N–H and O–H groups in total. The van der Waals surface area contributed by atoms with Crippen LogP contribution in [0, 0.1) is 5.92 Å². The van der Waals surface area contributed by atoms with Crippen molar-refractivity contribution < 1.29 is 4.79 Å². The predicted octanol–water partition coefficient (Wildman–Crippen LogP) is 0.823. The number of carbonyl (C=O) groups is 1. The molecule has 0 radical (unpaired) electrons. The standard InChI is InChI=1S/C10H21N3O/c1-8-3-5-10(7-11,6-4-8)13-9(14)12-2/h8H,3-7,11H2,1-2H3,(H2,12,13,14). The molecule has 0 aromatic rings. The molecule has 0 saturated heterocycles. The van der Waals surface area contributed by atoms with Crippen LogP contribution in [0.25, 0.3) is 0 Å². The van der Waals surface area contributed by atoms with Crippen molar-refractivity contribution in [2.45, 2.75) is 38.1 Å². The van der Waals surface area contributed by atoms with E-state index in [9.17, 15) is 4.79 Å². The van der Waals surface area contributed by atoms with Gasteiger partial charge in [0.25, 0.3) is 0 Å². The van der Waals surface area contributed by atoms with Crippen molar-refractivity contribution >= 4 is 6.03 Å². The van der Waals surface area contributed by atoms with Gasteiger partial charge in [-0.2, -0.15) is 0 Å². The van der Waals surface area contributed by atoms with Crippen LogP contribution < -0.4 is 16.4 Å². The largest absolute Gasteiger partial charge is 0.341 e. The smallest absolute Gasteiger partial charge is 0.315 e. The van der Waals surface area contributed by atoms with Gasteiger partial charge < -0.3 is 16.4 Å². The molecule has 4 nitrogen and oxygen atoms in total. The Hall–Kier alpha value is -0.770. The maximum Gasteiger partial charge on any atom is 0.315 e. The van der Waals surface area contributed by atoms with Crippen molar-refractivity contribution in [1.82, 2.24) is 10.6 Å². The lowest BCUT2D eigenvalue weighted by Crippen LogP contribution is -2.57. The van der Waals surface area contributed by atoms with Gasteiger partial charge in [0.1, 0.15) is 0 Å². The van der Waals surface area contributed by atoms with Crippen LogP contribution in [0.2, 0.25) is 0 Å². The Kier molecular flexibility index (Phi) is 3.75. The van der Waals surface area contributed by atoms with E-state index in [2.05, 4.69) is 17.6 Å². The molecule has 14 heavy (non-hydrogen) atoms. The topological polar surface area (TPSA) is 67.2 Å². The molecule has 0 aliphatic heterocycles. The maximum absolute atomic E-state index is 11.2. The van der Waals surface area contributed by atoms with E-state index < -0.39 is 0 Å². The second-order valence-corrected chi connectivity index (χ2v) is 4.37. The Morgan fingerprint density at radius 1 is 1.50 bits per heavy atom. The first-order valence-corrected chi connectivity index (χ1v) is 5.32. The molecule has 0 aromatic carbocycles. The predicted molar refractivity (Wildman–Crippen MR) is 57.0 cm³/mol. The average Bonchev–Trinajstić information content (AvgIpc) is 2.22. The number of hydrogen-bond donors (Lipinski definition) is 3. The summed E-state index contributed by atoms with van der Waals surface area (Å²) in [5.74, 6) is 0.765. The Morgan fingerprint density at radius 3 is 2.50 bits per heavy atom. The normalized spacial score (nSPS) is 32.4. The molecule has 0 atom stereocenters. The monoisotopic (exact) mass is 199 g/mol. The molecule has 2 amide bonds. The summed E-state index contributed by atoms with van der Waals surface area (Å²) in [5.41, 5.74) is 5.58. The van der Waals surface area contributed by atoms with Gasteiger partial charge >= 0.3 is 6.03 Å². The van der Waals surface area contributed by atoms with Crippen molar-refractivity contribution in [2.24, 2.45) is 11.7 Å². The third kappa shape index (κ3) is 2.61. The van der Waals surface area contributed by atoms with Crippen LogP contribution in [0.15, 0.2) is 0 Å². The number of rotatable bonds is 2. The highest BCUT2D eigenvalue weighted by atomic mass is 16.2. The van der Waals surface area contributed by atoms with Gasteiger partial charge in [0.2, 0.25) is 0 Å². The average molecular weight is 199 g/mol. The molecule has 82 valence electrons. The van der Waals surface area contributed by atoms with Crippen LogP contribution in [-0.2, 0) is 0 Å². The fourth-order valence-electron chi connectivity index (χ4n) is 2.00. The van der Waals surface area contributed by atoms with Crippen LogP contribution in [0.4, 0.5) is 4.79 Å². The van der Waals surface area contributed by atoms with Crippen LogP contribution in [0.3, 0.4) is 0 Å². The zero-order valence-corrected chi connectivity index (χ0v) is 9.10. The van der Waals surface area contributed by atoms with E-state index >= 15 is 0 Å². The number of amides is 2. The number of nitrogens with two attached hydrogens (primary N) is 1. The van der Waals surface area contributed by atoms with Crippen LogP contribution in [-0.4, -0.2) is 25.2 Å². The van der Waals surface area contributed by atoms with Gasteiger partial charge in [0.15, 0.2) is 0 Å². The minimum absolute atomic E-state index is 0.120. The van der Waals surface area contributed by atoms with E-state index in [-0.39, 0.29) is 11.6 Å². The van der Waals surface area contributed by atoms with Crippen molar-refractivity contribution in [3.05, 3.63) is 0 Å². The van der Waals surface area contributed by atoms with E-state index in [4.69, 9.17) is 5.73 Å². The summed E-state index contributed by atoms with van der Waals surface area (Å²) in [6.45, 7) is 2.79. The van der Waals surface area contributed by atoms with E-state index in [1.807, 2.05) is 0 Å². The Balaban J connectivity index is 2.54. The first kappa shape index (κ1) is 11.3. The van der Waals surface area contributed by atoms with Crippen LogP contribution in [0.1, 0.15) is 32.6 Å². The zero-order chi connectivity index (χ0) is 10.6. The summed E-state index contributed by atoms with van der Waals surface area (Å²) >= 11 is 0. The molecule has 1 saturated carbocycles. The highest BCUT2D eigenvalue weighted by Crippen LogP contribution is 2.30. The second-order valence-electron chi connectivity index (χ2n) is 4.37. The lowest BCUT2D eigenvalue weighted by molar-refractivity contribution is 0.190. The number of hydrogen-bond acceptors (Lipinski definition) is 2. The lowest BCUT2D eigenvalue weighted by atomic mass is 9.77. The first-order chi connectivity index (χ1) is 6.62. The third-order valence-electron chi connectivity index (χ3n) is 3.23. The van der Waals surface area contributed by atoms with E-state index in [0.29, 0.717) is 6.54 Å². The Labute approximate surface area is 85.6 Å². The Morgan fingerprint density at radius 2 is 2.07 bits per heavy atom. The fourth-order valence-corrected chi connectivity index (χ4v) is 2.00. The van der Waals surface area contributed by atoms with Crippen molar-refractivity contribution in [2.75, 3.05) is 13.6 Å². The molecule has 0 spiro atoms. The van der Waals surface area contributed by atoms with Gasteiger partial charge in [-0.05, 0) is 31.6 Å². The van der Waals surface area contributed by atoms with Gasteiger partial charge in [-0.25, -0.2) is 4.79 Å². The summed E-state index contributed by atoms with van der Waals surface area (Å²) < 4.78 is 0. The zero-order valence-electron chi connectivity index (χ0n) is 9.10. The second kappa shape index (κ2) is 4.64. The molecule has 0 heterocycles. The van der Waals surface area contributed by atoms with Gasteiger partial charge in [-0.3, -0.25) is 0 Å². The highest BCUT2D eigenvalue weighted by molar-refractivity contribution is 5.74. The van der Waals surface area contributed by atoms with Gasteiger partial charge in [-0.1, -0.05) is 6.92 Å². The first-order valence-electron chi connectivity index (χ1n) is 5.32. The molecule has 1 rings (SSSR count). The van der Waals surface area contributed by atoms with Crippen molar-refractivity contribution in [3.63, 3.8) is 0 Å². The Bertz CT molecular complexity index is 198. The summed E-state index contributed by atoms with van der Waals surface area (Å²) in [7, 11) is 1.63. The molecular formula is C10H21N3O. The summed E-state index contributed by atoms with van der Waals surface area (Å²) in [5, 5.41) is 5.55. The SMILES string of the molecule is CNC(=O)NC1(CN)CCC(C)CC1. The third-order valence-corrected chi connectivity index (χ3v) is 3.23. The van der Waals surface area contributed by atoms with Crippen molar-refractivity contribution in [1.29, 1.82) is 0 Å². The minimum atomic E-state index is -0.160. The molecule has 4 heteroatoms. The van der Waals surface area contributed by atoms with Gasteiger partial charge in [0.05, 0.1) is 5.54 Å². The van der Waals surface area contributed by atoms with E-state index in [1.165, 1.54) is 0 Å². The minimum Gasteiger partial charge on any atom is -0.341 e. The molecule has 0 unspecified atom stereocenters. The van der Waals surface area contributed by atoms with Crippen LogP contribution in [0.5, 0.6) is 0 Å². The quantitative estimate of drug-likeness (QED) is 0.616. The molecule has 1 aliphatic carbocycles. The molecule has 1 fully saturated rings. The van der Waals surface area contributed by atoms with Crippen molar-refractivity contribution in [3.8, 4) is 0 Å². The number of carbonyl (C=O) groups excluding carboxylic acids is 1. The van der Waals surface area contributed by atoms with Gasteiger partial charge in [0, 0.05) is 13.6 Å². The molecule has 1 aliphatic rings. The highest BCUT2D eigenvalue weighted by Gasteiger charge is 2.33. The lowest BCUT2D eigenvalue weighted by Gasteiger charge is -2.39. The number of nitrogens with one attached hydrogen (secondary N) is 2. The fraction of sp³-hybridized carbons (Fsp3) is 0.900. The summed E-state index contributed by atoms with van der Waals surface area (Å²) in [6.07, 6.45) is 4.30. The summed E-state index contributed by atoms with van der Waals surface area (Å²) in [4.78, 5) is 11.2. The maximum atomic E-state index is 11.2. The molecule has 0 aromatic heterocycles. The number of urea groups is 1. The molecular weight excluding hydrogens is 178 g/mol. The van der Waals surface area contributed by atoms with Crippen LogP contribution >= 0.6 is 0 Å². The van der Waals surface area contributed by atoms with E-state index in [0.717, 1.165) is 31.6 Å².